The minimum absolute atomic E-state index is 0.172. The monoisotopic (exact) mass is 575 g/mol. The van der Waals surface area contributed by atoms with Gasteiger partial charge in [-0.1, -0.05) is 29.3 Å². The Morgan fingerprint density at radius 3 is 2.47 bits per heavy atom. The first-order chi connectivity index (χ1) is 17.8. The topological polar surface area (TPSA) is 95.6 Å². The third-order valence-electron chi connectivity index (χ3n) is 5.93. The standard InChI is InChI=1S/C25H23Cl2F4N3O4/c1-13(2-3-14-4-5-19(26)20(27)8-14)33-23(37)18-12-34(24(38)21(18)35)7-6-32-22(36)15-9-16(25(29,30)31)11-17(28)10-15/h4-5,8-11,13,18H,2-3,6-7,12H2,1H3,(H,32,36)(H,33,37). The van der Waals surface area contributed by atoms with Crippen LogP contribution in [-0.4, -0.2) is 54.1 Å². The molecule has 204 valence electrons. The first kappa shape index (κ1) is 29.4. The van der Waals surface area contributed by atoms with Crippen LogP contribution >= 0.6 is 23.2 Å². The summed E-state index contributed by atoms with van der Waals surface area (Å²) in [4.78, 5) is 50.6. The van der Waals surface area contributed by atoms with E-state index >= 15 is 0 Å². The second-order valence-corrected chi connectivity index (χ2v) is 9.66. The molecule has 2 aromatic carbocycles. The van der Waals surface area contributed by atoms with Crippen LogP contribution in [0.5, 0.6) is 0 Å². The Bertz CT molecular complexity index is 1260. The van der Waals surface area contributed by atoms with Crippen LogP contribution in [-0.2, 0) is 27.0 Å². The van der Waals surface area contributed by atoms with Gasteiger partial charge in [0.2, 0.25) is 11.7 Å². The van der Waals surface area contributed by atoms with Crippen molar-refractivity contribution in [1.82, 2.24) is 15.5 Å². The maximum atomic E-state index is 13.5. The molecule has 1 heterocycles. The molecule has 0 saturated carbocycles. The van der Waals surface area contributed by atoms with Crippen LogP contribution in [0.1, 0.15) is 34.8 Å². The maximum Gasteiger partial charge on any atom is 0.416 e. The van der Waals surface area contributed by atoms with Gasteiger partial charge in [-0.15, -0.1) is 0 Å². The summed E-state index contributed by atoms with van der Waals surface area (Å²) in [5, 5.41) is 5.84. The fourth-order valence-corrected chi connectivity index (χ4v) is 4.19. The zero-order chi connectivity index (χ0) is 28.2. The summed E-state index contributed by atoms with van der Waals surface area (Å²) in [6, 6.07) is 6.30. The van der Waals surface area contributed by atoms with Gasteiger partial charge in [0, 0.05) is 31.2 Å². The first-order valence-corrected chi connectivity index (χ1v) is 12.2. The first-order valence-electron chi connectivity index (χ1n) is 11.5. The molecule has 2 unspecified atom stereocenters. The Hall–Kier alpha value is -3.18. The minimum Gasteiger partial charge on any atom is -0.353 e. The Kier molecular flexibility index (Phi) is 9.37. The van der Waals surface area contributed by atoms with E-state index in [-0.39, 0.29) is 31.7 Å². The van der Waals surface area contributed by atoms with E-state index < -0.39 is 52.5 Å². The fourth-order valence-electron chi connectivity index (χ4n) is 3.87. The van der Waals surface area contributed by atoms with Crippen molar-refractivity contribution >= 4 is 46.7 Å². The van der Waals surface area contributed by atoms with Crippen molar-refractivity contribution in [2.75, 3.05) is 19.6 Å². The van der Waals surface area contributed by atoms with E-state index in [2.05, 4.69) is 10.6 Å². The number of alkyl halides is 3. The average Bonchev–Trinajstić information content (AvgIpc) is 3.12. The molecule has 38 heavy (non-hydrogen) atoms. The van der Waals surface area contributed by atoms with Gasteiger partial charge in [-0.3, -0.25) is 19.2 Å². The molecule has 7 nitrogen and oxygen atoms in total. The summed E-state index contributed by atoms with van der Waals surface area (Å²) in [6.45, 7) is 1.14. The summed E-state index contributed by atoms with van der Waals surface area (Å²) in [7, 11) is 0. The van der Waals surface area contributed by atoms with E-state index in [0.717, 1.165) is 10.5 Å². The van der Waals surface area contributed by atoms with Crippen molar-refractivity contribution in [2.24, 2.45) is 5.92 Å². The number of nitrogens with one attached hydrogen (secondary N) is 2. The smallest absolute Gasteiger partial charge is 0.353 e. The Balaban J connectivity index is 1.49. The normalized spacial score (nSPS) is 16.5. The number of hydrogen-bond donors (Lipinski definition) is 2. The Morgan fingerprint density at radius 2 is 1.82 bits per heavy atom. The van der Waals surface area contributed by atoms with Crippen molar-refractivity contribution in [3.63, 3.8) is 0 Å². The lowest BCUT2D eigenvalue weighted by Crippen LogP contribution is -2.41. The number of aryl methyl sites for hydroxylation is 1. The molecule has 2 atom stereocenters. The number of benzene rings is 2. The molecule has 0 aromatic heterocycles. The van der Waals surface area contributed by atoms with Crippen LogP contribution in [0, 0.1) is 11.7 Å². The molecule has 0 aliphatic carbocycles. The van der Waals surface area contributed by atoms with Gasteiger partial charge < -0.3 is 15.5 Å². The second-order valence-electron chi connectivity index (χ2n) is 8.85. The summed E-state index contributed by atoms with van der Waals surface area (Å²) >= 11 is 11.9. The highest BCUT2D eigenvalue weighted by molar-refractivity contribution is 6.42. The van der Waals surface area contributed by atoms with Gasteiger partial charge in [-0.05, 0) is 55.7 Å². The van der Waals surface area contributed by atoms with Crippen LogP contribution < -0.4 is 10.6 Å². The summed E-state index contributed by atoms with van der Waals surface area (Å²) in [5.41, 5.74) is -0.954. The predicted molar refractivity (Wildman–Crippen MR) is 131 cm³/mol. The molecule has 2 N–H and O–H groups in total. The molecule has 13 heteroatoms. The lowest BCUT2D eigenvalue weighted by molar-refractivity contribution is -0.142. The molecule has 2 aromatic rings. The zero-order valence-electron chi connectivity index (χ0n) is 20.0. The molecule has 0 radical (unpaired) electrons. The molecular weight excluding hydrogens is 553 g/mol. The van der Waals surface area contributed by atoms with Gasteiger partial charge in [-0.25, -0.2) is 4.39 Å². The minimum atomic E-state index is -4.84. The van der Waals surface area contributed by atoms with Crippen LogP contribution in [0.4, 0.5) is 17.6 Å². The molecule has 1 saturated heterocycles. The molecule has 1 fully saturated rings. The fraction of sp³-hybridized carbons (Fsp3) is 0.360. The number of carbonyl (C=O) groups is 4. The number of Topliss-reactive ketones (excluding diaryl/α,β-unsaturated/α-hetero) is 1. The van der Waals surface area contributed by atoms with Gasteiger partial charge in [0.15, 0.2) is 0 Å². The highest BCUT2D eigenvalue weighted by atomic mass is 35.5. The van der Waals surface area contributed by atoms with Gasteiger partial charge in [-0.2, -0.15) is 13.2 Å². The van der Waals surface area contributed by atoms with Crippen molar-refractivity contribution in [3.05, 3.63) is 69.0 Å². The molecule has 3 rings (SSSR count). The number of rotatable bonds is 9. The van der Waals surface area contributed by atoms with Crippen LogP contribution in [0.2, 0.25) is 10.0 Å². The van der Waals surface area contributed by atoms with Gasteiger partial charge in [0.25, 0.3) is 11.8 Å². The number of likely N-dealkylation sites (tertiary alicyclic amines) is 1. The number of carbonyl (C=O) groups excluding carboxylic acids is 4. The zero-order valence-corrected chi connectivity index (χ0v) is 21.5. The van der Waals surface area contributed by atoms with E-state index in [1.54, 1.807) is 19.1 Å². The summed E-state index contributed by atoms with van der Waals surface area (Å²) < 4.78 is 52.1. The quantitative estimate of drug-likeness (QED) is 0.268. The lowest BCUT2D eigenvalue weighted by Gasteiger charge is -2.18. The molecule has 3 amide bonds. The average molecular weight is 576 g/mol. The number of ketones is 1. The van der Waals surface area contributed by atoms with Gasteiger partial charge in [0.05, 0.1) is 15.6 Å². The molecule has 0 bridgehead atoms. The van der Waals surface area contributed by atoms with Crippen LogP contribution in [0.15, 0.2) is 36.4 Å². The Labute approximate surface area is 225 Å². The predicted octanol–water partition coefficient (Wildman–Crippen LogP) is 4.05. The maximum absolute atomic E-state index is 13.5. The summed E-state index contributed by atoms with van der Waals surface area (Å²) in [6.07, 6.45) is -3.72. The lowest BCUT2D eigenvalue weighted by atomic mass is 10.0. The molecule has 1 aliphatic heterocycles. The van der Waals surface area contributed by atoms with Crippen molar-refractivity contribution in [3.8, 4) is 0 Å². The number of hydrogen-bond acceptors (Lipinski definition) is 4. The van der Waals surface area contributed by atoms with Crippen LogP contribution in [0.25, 0.3) is 0 Å². The second kappa shape index (κ2) is 12.1. The third-order valence-corrected chi connectivity index (χ3v) is 6.67. The number of nitrogens with zero attached hydrogens (tertiary/aromatic N) is 1. The van der Waals surface area contributed by atoms with E-state index in [1.807, 2.05) is 6.07 Å². The van der Waals surface area contributed by atoms with Crippen molar-refractivity contribution < 1.29 is 36.7 Å². The highest BCUT2D eigenvalue weighted by Crippen LogP contribution is 2.30. The molecular formula is C25H23Cl2F4N3O4. The van der Waals surface area contributed by atoms with Crippen molar-refractivity contribution in [1.29, 1.82) is 0 Å². The van der Waals surface area contributed by atoms with E-state index in [0.29, 0.717) is 35.0 Å². The molecule has 0 spiro atoms. The number of halogens is 6. The number of amides is 3. The van der Waals surface area contributed by atoms with Crippen LogP contribution in [0.3, 0.4) is 0 Å². The third kappa shape index (κ3) is 7.44. The van der Waals surface area contributed by atoms with Gasteiger partial charge >= 0.3 is 6.18 Å². The van der Waals surface area contributed by atoms with E-state index in [9.17, 15) is 36.7 Å². The van der Waals surface area contributed by atoms with E-state index in [4.69, 9.17) is 23.2 Å². The SMILES string of the molecule is CC(CCc1ccc(Cl)c(Cl)c1)NC(=O)C1CN(CCNC(=O)c2cc(F)cc(C(F)(F)F)c2)C(=O)C1=O. The highest BCUT2D eigenvalue weighted by Gasteiger charge is 2.43. The Morgan fingerprint density at radius 1 is 1.11 bits per heavy atom. The van der Waals surface area contributed by atoms with Gasteiger partial charge in [0.1, 0.15) is 11.7 Å². The largest absolute Gasteiger partial charge is 0.416 e. The molecule has 1 aliphatic rings. The summed E-state index contributed by atoms with van der Waals surface area (Å²) in [5.74, 6) is -5.87. The van der Waals surface area contributed by atoms with E-state index in [1.165, 1.54) is 0 Å². The van der Waals surface area contributed by atoms with Crippen molar-refractivity contribution in [2.45, 2.75) is 32.0 Å².